The topological polar surface area (TPSA) is 102 Å². The lowest BCUT2D eigenvalue weighted by Gasteiger charge is -2.22. The number of rotatable bonds is 5. The Kier molecular flexibility index (Phi) is 6.12. The van der Waals surface area contributed by atoms with E-state index >= 15 is 0 Å². The molecule has 1 unspecified atom stereocenters. The van der Waals surface area contributed by atoms with Crippen LogP contribution in [0.1, 0.15) is 39.4 Å². The Bertz CT molecular complexity index is 564. The van der Waals surface area contributed by atoms with Crippen molar-refractivity contribution >= 4 is 18.0 Å². The Labute approximate surface area is 134 Å². The Balaban J connectivity index is 2.69. The van der Waals surface area contributed by atoms with Crippen molar-refractivity contribution in [3.05, 3.63) is 35.9 Å². The van der Waals surface area contributed by atoms with Crippen LogP contribution in [0, 0.1) is 0 Å². The van der Waals surface area contributed by atoms with E-state index in [1.54, 1.807) is 39.0 Å². The molecule has 1 aromatic rings. The molecule has 1 rings (SSSR count). The zero-order valence-electron chi connectivity index (χ0n) is 13.5. The lowest BCUT2D eigenvalue weighted by atomic mass is 10.1. The van der Waals surface area contributed by atoms with Crippen molar-refractivity contribution in [2.24, 2.45) is 0 Å². The molecule has 23 heavy (non-hydrogen) atoms. The van der Waals surface area contributed by atoms with Crippen molar-refractivity contribution in [1.29, 1.82) is 0 Å². The third kappa shape index (κ3) is 6.37. The molecule has 0 fully saturated rings. The van der Waals surface area contributed by atoms with Crippen LogP contribution in [-0.4, -0.2) is 34.8 Å². The number of esters is 1. The van der Waals surface area contributed by atoms with Crippen LogP contribution in [-0.2, 0) is 19.1 Å². The molecule has 2 atom stereocenters. The van der Waals surface area contributed by atoms with Crippen LogP contribution < -0.4 is 5.32 Å². The van der Waals surface area contributed by atoms with Gasteiger partial charge >= 0.3 is 18.0 Å². The molecule has 1 aromatic carbocycles. The Morgan fingerprint density at radius 3 is 2.17 bits per heavy atom. The predicted molar refractivity (Wildman–Crippen MR) is 81.7 cm³/mol. The van der Waals surface area contributed by atoms with Gasteiger partial charge in [0.15, 0.2) is 0 Å². The van der Waals surface area contributed by atoms with Crippen molar-refractivity contribution in [2.45, 2.75) is 45.4 Å². The van der Waals surface area contributed by atoms with Crippen LogP contribution in [0.2, 0.25) is 0 Å². The highest BCUT2D eigenvalue weighted by Gasteiger charge is 2.28. The number of benzene rings is 1. The molecule has 7 heteroatoms. The second-order valence-electron chi connectivity index (χ2n) is 5.93. The zero-order valence-corrected chi connectivity index (χ0v) is 13.5. The smallest absolute Gasteiger partial charge is 0.408 e. The Morgan fingerprint density at radius 1 is 1.13 bits per heavy atom. The van der Waals surface area contributed by atoms with Gasteiger partial charge in [0, 0.05) is 5.56 Å². The molecule has 126 valence electrons. The van der Waals surface area contributed by atoms with Crippen LogP contribution in [0.4, 0.5) is 4.79 Å². The molecular weight excluding hydrogens is 302 g/mol. The van der Waals surface area contributed by atoms with Crippen molar-refractivity contribution < 1.29 is 29.0 Å². The maximum absolute atomic E-state index is 12.0. The molecule has 0 saturated heterocycles. The number of amides is 1. The average Bonchev–Trinajstić information content (AvgIpc) is 2.42. The first kappa shape index (κ1) is 18.5. The summed E-state index contributed by atoms with van der Waals surface area (Å²) in [5.74, 6) is -2.17. The molecule has 0 aliphatic carbocycles. The number of ether oxygens (including phenoxy) is 2. The van der Waals surface area contributed by atoms with E-state index in [4.69, 9.17) is 9.47 Å². The van der Waals surface area contributed by atoms with E-state index in [1.807, 2.05) is 0 Å². The van der Waals surface area contributed by atoms with E-state index in [1.165, 1.54) is 19.1 Å². The van der Waals surface area contributed by atoms with Crippen LogP contribution >= 0.6 is 0 Å². The highest BCUT2D eigenvalue weighted by atomic mass is 16.6. The van der Waals surface area contributed by atoms with E-state index in [2.05, 4.69) is 5.32 Å². The molecule has 0 radical (unpaired) electrons. The van der Waals surface area contributed by atoms with Gasteiger partial charge in [-0.1, -0.05) is 30.3 Å². The van der Waals surface area contributed by atoms with E-state index in [0.29, 0.717) is 5.56 Å². The van der Waals surface area contributed by atoms with Crippen LogP contribution in [0.5, 0.6) is 0 Å². The first-order valence-electron chi connectivity index (χ1n) is 7.08. The highest BCUT2D eigenvalue weighted by Crippen LogP contribution is 2.18. The molecule has 2 N–H and O–H groups in total. The van der Waals surface area contributed by atoms with E-state index in [9.17, 15) is 19.5 Å². The number of nitrogens with one attached hydrogen (secondary N) is 1. The van der Waals surface area contributed by atoms with Gasteiger partial charge in [-0.25, -0.2) is 14.4 Å². The molecule has 0 bridgehead atoms. The third-order valence-corrected chi connectivity index (χ3v) is 2.65. The monoisotopic (exact) mass is 323 g/mol. The number of alkyl carbamates (subject to hydrolysis) is 1. The van der Waals surface area contributed by atoms with E-state index in [-0.39, 0.29) is 0 Å². The molecule has 0 heterocycles. The van der Waals surface area contributed by atoms with Gasteiger partial charge in [0.05, 0.1) is 0 Å². The number of aliphatic carboxylic acids is 1. The van der Waals surface area contributed by atoms with Crippen molar-refractivity contribution in [3.8, 4) is 0 Å². The Hall–Kier alpha value is -2.57. The van der Waals surface area contributed by atoms with Gasteiger partial charge in [-0.05, 0) is 27.7 Å². The number of hydrogen-bond donors (Lipinski definition) is 2. The summed E-state index contributed by atoms with van der Waals surface area (Å²) in [6, 6.07) is 7.03. The number of carboxylic acids is 1. The van der Waals surface area contributed by atoms with Gasteiger partial charge in [0.1, 0.15) is 11.6 Å². The second-order valence-corrected chi connectivity index (χ2v) is 5.93. The minimum Gasteiger partial charge on any atom is -0.478 e. The molecule has 0 spiro atoms. The van der Waals surface area contributed by atoms with Gasteiger partial charge in [-0.15, -0.1) is 0 Å². The van der Waals surface area contributed by atoms with Crippen molar-refractivity contribution in [3.63, 3.8) is 0 Å². The lowest BCUT2D eigenvalue weighted by molar-refractivity contribution is -0.165. The summed E-state index contributed by atoms with van der Waals surface area (Å²) in [5.41, 5.74) is -0.376. The first-order valence-corrected chi connectivity index (χ1v) is 7.08. The maximum atomic E-state index is 12.0. The average molecular weight is 323 g/mol. The number of hydrogen-bond acceptors (Lipinski definition) is 5. The summed E-state index contributed by atoms with van der Waals surface area (Å²) >= 11 is 0. The normalized spacial score (nSPS) is 13.6. The van der Waals surface area contributed by atoms with Crippen LogP contribution in [0.25, 0.3) is 0 Å². The summed E-state index contributed by atoms with van der Waals surface area (Å²) in [7, 11) is 0. The summed E-state index contributed by atoms with van der Waals surface area (Å²) in [5, 5.41) is 11.5. The Morgan fingerprint density at radius 2 is 1.70 bits per heavy atom. The summed E-state index contributed by atoms with van der Waals surface area (Å²) in [6.07, 6.45) is -2.22. The quantitative estimate of drug-likeness (QED) is 0.806. The number of carbonyl (C=O) groups is 3. The molecule has 1 amide bonds. The predicted octanol–water partition coefficient (Wildman–Crippen LogP) is 2.27. The number of carboxylic acid groups (broad SMARTS) is 1. The highest BCUT2D eigenvalue weighted by molar-refractivity contribution is 5.84. The van der Waals surface area contributed by atoms with Gasteiger partial charge in [0.2, 0.25) is 6.10 Å². The van der Waals surface area contributed by atoms with Gasteiger partial charge < -0.3 is 19.9 Å². The van der Waals surface area contributed by atoms with Crippen LogP contribution in [0.3, 0.4) is 0 Å². The largest absolute Gasteiger partial charge is 0.478 e. The standard InChI is InChI=1S/C16H21NO6/c1-10(17-15(21)23-16(2,3)4)14(20)22-12(13(18)19)11-8-6-5-7-9-11/h5-10,12H,1-4H3,(H,17,21)(H,18,19)/t10-,12?/m0/s1. The van der Waals surface area contributed by atoms with Crippen molar-refractivity contribution in [1.82, 2.24) is 5.32 Å². The maximum Gasteiger partial charge on any atom is 0.408 e. The minimum atomic E-state index is -1.44. The molecular formula is C16H21NO6. The van der Waals surface area contributed by atoms with Crippen LogP contribution in [0.15, 0.2) is 30.3 Å². The van der Waals surface area contributed by atoms with E-state index < -0.39 is 35.8 Å². The van der Waals surface area contributed by atoms with E-state index in [0.717, 1.165) is 0 Å². The summed E-state index contributed by atoms with van der Waals surface area (Å²) in [6.45, 7) is 6.44. The molecule has 0 aliphatic heterocycles. The molecule has 0 aliphatic rings. The fraction of sp³-hybridized carbons (Fsp3) is 0.438. The molecule has 0 saturated carbocycles. The lowest BCUT2D eigenvalue weighted by Crippen LogP contribution is -2.43. The van der Waals surface area contributed by atoms with Gasteiger partial charge in [-0.3, -0.25) is 0 Å². The minimum absolute atomic E-state index is 0.331. The van der Waals surface area contributed by atoms with Crippen molar-refractivity contribution in [2.75, 3.05) is 0 Å². The first-order chi connectivity index (χ1) is 10.6. The zero-order chi connectivity index (χ0) is 17.6. The summed E-state index contributed by atoms with van der Waals surface area (Å²) in [4.78, 5) is 34.9. The molecule has 0 aromatic heterocycles. The fourth-order valence-electron chi connectivity index (χ4n) is 1.65. The SMILES string of the molecule is C[C@H](NC(=O)OC(C)(C)C)C(=O)OC(C(=O)O)c1ccccc1. The fourth-order valence-corrected chi connectivity index (χ4v) is 1.65. The van der Waals surface area contributed by atoms with Gasteiger partial charge in [-0.2, -0.15) is 0 Å². The molecule has 7 nitrogen and oxygen atoms in total. The second kappa shape index (κ2) is 7.62. The third-order valence-electron chi connectivity index (χ3n) is 2.65. The van der Waals surface area contributed by atoms with Gasteiger partial charge in [0.25, 0.3) is 0 Å². The number of carbonyl (C=O) groups excluding carboxylic acids is 2. The summed E-state index contributed by atoms with van der Waals surface area (Å²) < 4.78 is 10.0.